The summed E-state index contributed by atoms with van der Waals surface area (Å²) in [5, 5.41) is 2.00. The van der Waals surface area contributed by atoms with E-state index >= 15 is 0 Å². The Morgan fingerprint density at radius 1 is 1.06 bits per heavy atom. The summed E-state index contributed by atoms with van der Waals surface area (Å²) in [6.45, 7) is 1.98. The zero-order chi connectivity index (χ0) is 21.4. The van der Waals surface area contributed by atoms with Crippen LogP contribution in [0.2, 0.25) is 0 Å². The van der Waals surface area contributed by atoms with Crippen LogP contribution in [0.4, 0.5) is 13.2 Å². The van der Waals surface area contributed by atoms with Gasteiger partial charge in [-0.25, -0.2) is 9.97 Å². The second-order valence-electron chi connectivity index (χ2n) is 7.41. The number of rotatable bonds is 4. The third-order valence-corrected chi connectivity index (χ3v) is 6.16. The van der Waals surface area contributed by atoms with E-state index in [9.17, 15) is 13.2 Å². The molecule has 0 unspecified atom stereocenters. The molecule has 8 heteroatoms. The molecule has 158 valence electrons. The van der Waals surface area contributed by atoms with Crippen molar-refractivity contribution in [2.45, 2.75) is 25.7 Å². The highest BCUT2D eigenvalue weighted by atomic mass is 32.1. The molecular formula is C23H18F3N3OS. The molecule has 0 atom stereocenters. The number of hydrogen-bond donors (Lipinski definition) is 0. The fraction of sp³-hybridized carbons (Fsp3) is 0.217. The Labute approximate surface area is 181 Å². The van der Waals surface area contributed by atoms with Crippen molar-refractivity contribution in [2.24, 2.45) is 0 Å². The van der Waals surface area contributed by atoms with E-state index in [1.165, 1.54) is 12.1 Å². The molecule has 4 nitrogen and oxygen atoms in total. The van der Waals surface area contributed by atoms with Crippen molar-refractivity contribution in [3.63, 3.8) is 0 Å². The minimum atomic E-state index is -4.43. The third-order valence-electron chi connectivity index (χ3n) is 5.29. The van der Waals surface area contributed by atoms with Crippen molar-refractivity contribution in [1.82, 2.24) is 14.9 Å². The van der Waals surface area contributed by atoms with Gasteiger partial charge in [0, 0.05) is 36.8 Å². The number of halogens is 3. The molecule has 0 spiro atoms. The first-order valence-electron chi connectivity index (χ1n) is 9.84. The molecule has 1 aliphatic heterocycles. The summed E-state index contributed by atoms with van der Waals surface area (Å²) >= 11 is 1.61. The Morgan fingerprint density at radius 3 is 2.74 bits per heavy atom. The molecule has 3 aromatic heterocycles. The highest BCUT2D eigenvalue weighted by Crippen LogP contribution is 2.37. The standard InChI is InChI=1S/C23H18F3N3OS/c24-23(25,26)18-5-2-1-4-17(18)20-8-7-16(30-20)14-29-10-9-19-15(13-29)12-27-22(28-19)21-6-3-11-31-21/h1-8,11-12H,9-10,13-14H2. The Morgan fingerprint density at radius 2 is 1.94 bits per heavy atom. The highest BCUT2D eigenvalue weighted by molar-refractivity contribution is 7.13. The second-order valence-corrected chi connectivity index (χ2v) is 8.36. The summed E-state index contributed by atoms with van der Waals surface area (Å²) in [7, 11) is 0. The zero-order valence-electron chi connectivity index (χ0n) is 16.4. The molecule has 0 aliphatic carbocycles. The van der Waals surface area contributed by atoms with Gasteiger partial charge >= 0.3 is 6.18 Å². The van der Waals surface area contributed by atoms with E-state index in [1.54, 1.807) is 29.5 Å². The van der Waals surface area contributed by atoms with Gasteiger partial charge in [0.2, 0.25) is 0 Å². The van der Waals surface area contributed by atoms with Gasteiger partial charge in [0.1, 0.15) is 11.5 Å². The van der Waals surface area contributed by atoms with Gasteiger partial charge < -0.3 is 4.42 Å². The lowest BCUT2D eigenvalue weighted by Crippen LogP contribution is -2.30. The van der Waals surface area contributed by atoms with Crippen LogP contribution in [-0.4, -0.2) is 21.4 Å². The first kappa shape index (κ1) is 20.0. The molecule has 1 aliphatic rings. The summed E-state index contributed by atoms with van der Waals surface area (Å²) in [6, 6.07) is 12.8. The van der Waals surface area contributed by atoms with Gasteiger partial charge in [-0.2, -0.15) is 13.2 Å². The summed E-state index contributed by atoms with van der Waals surface area (Å²) in [5.41, 5.74) is 1.48. The van der Waals surface area contributed by atoms with Crippen molar-refractivity contribution in [3.8, 4) is 22.0 Å². The molecule has 1 aromatic carbocycles. The minimum absolute atomic E-state index is 0.0553. The summed E-state index contributed by atoms with van der Waals surface area (Å²) in [6.07, 6.45) is -1.76. The van der Waals surface area contributed by atoms with Gasteiger partial charge in [-0.1, -0.05) is 24.3 Å². The second kappa shape index (κ2) is 7.94. The molecule has 4 heterocycles. The summed E-state index contributed by atoms with van der Waals surface area (Å²) < 4.78 is 45.7. The van der Waals surface area contributed by atoms with Gasteiger partial charge in [-0.15, -0.1) is 11.3 Å². The number of benzene rings is 1. The molecule has 0 radical (unpaired) electrons. The maximum atomic E-state index is 13.3. The lowest BCUT2D eigenvalue weighted by molar-refractivity contribution is -0.137. The Balaban J connectivity index is 1.31. The van der Waals surface area contributed by atoms with Crippen LogP contribution >= 0.6 is 11.3 Å². The topological polar surface area (TPSA) is 42.2 Å². The van der Waals surface area contributed by atoms with E-state index in [0.717, 1.165) is 41.0 Å². The lowest BCUT2D eigenvalue weighted by Gasteiger charge is -2.27. The van der Waals surface area contributed by atoms with Gasteiger partial charge in [0.25, 0.3) is 0 Å². The average Bonchev–Trinajstić information content (AvgIpc) is 3.45. The fourth-order valence-electron chi connectivity index (χ4n) is 3.81. The highest BCUT2D eigenvalue weighted by Gasteiger charge is 2.34. The predicted molar refractivity (Wildman–Crippen MR) is 112 cm³/mol. The number of thiophene rings is 1. The van der Waals surface area contributed by atoms with Crippen LogP contribution in [-0.2, 0) is 25.7 Å². The lowest BCUT2D eigenvalue weighted by atomic mass is 10.1. The number of hydrogen-bond acceptors (Lipinski definition) is 5. The van der Waals surface area contributed by atoms with Crippen LogP contribution in [0.15, 0.2) is 64.5 Å². The molecule has 31 heavy (non-hydrogen) atoms. The van der Waals surface area contributed by atoms with Crippen molar-refractivity contribution in [1.29, 1.82) is 0 Å². The van der Waals surface area contributed by atoms with Crippen LogP contribution in [0.25, 0.3) is 22.0 Å². The average molecular weight is 441 g/mol. The maximum Gasteiger partial charge on any atom is 0.417 e. The Bertz CT molecular complexity index is 1200. The number of alkyl halides is 3. The largest absolute Gasteiger partial charge is 0.460 e. The minimum Gasteiger partial charge on any atom is -0.460 e. The number of furan rings is 1. The van der Waals surface area contributed by atoms with Crippen LogP contribution < -0.4 is 0 Å². The van der Waals surface area contributed by atoms with Crippen molar-refractivity contribution in [3.05, 3.63) is 82.7 Å². The first-order valence-corrected chi connectivity index (χ1v) is 10.7. The molecule has 0 saturated heterocycles. The van der Waals surface area contributed by atoms with E-state index < -0.39 is 11.7 Å². The van der Waals surface area contributed by atoms with Crippen LogP contribution in [0, 0.1) is 0 Å². The fourth-order valence-corrected chi connectivity index (χ4v) is 4.47. The number of nitrogens with zero attached hydrogens (tertiary/aromatic N) is 3. The van der Waals surface area contributed by atoms with Gasteiger partial charge in [0.05, 0.1) is 22.7 Å². The van der Waals surface area contributed by atoms with Crippen molar-refractivity contribution in [2.75, 3.05) is 6.54 Å². The first-order chi connectivity index (χ1) is 15.0. The third kappa shape index (κ3) is 4.13. The van der Waals surface area contributed by atoms with Gasteiger partial charge in [-0.05, 0) is 29.6 Å². The Kier molecular flexibility index (Phi) is 5.11. The molecule has 0 fully saturated rings. The zero-order valence-corrected chi connectivity index (χ0v) is 17.2. The van der Waals surface area contributed by atoms with Crippen LogP contribution in [0.5, 0.6) is 0 Å². The van der Waals surface area contributed by atoms with E-state index in [4.69, 9.17) is 9.40 Å². The molecular weight excluding hydrogens is 423 g/mol. The SMILES string of the molecule is FC(F)(F)c1ccccc1-c1ccc(CN2CCc3nc(-c4cccs4)ncc3C2)o1. The normalized spacial score (nSPS) is 14.5. The van der Waals surface area contributed by atoms with Gasteiger partial charge in [0.15, 0.2) is 5.82 Å². The van der Waals surface area contributed by atoms with Crippen LogP contribution in [0.1, 0.15) is 22.6 Å². The summed E-state index contributed by atoms with van der Waals surface area (Å²) in [4.78, 5) is 12.4. The predicted octanol–water partition coefficient (Wildman–Crippen LogP) is 6.04. The van der Waals surface area contributed by atoms with E-state index in [1.807, 2.05) is 23.7 Å². The van der Waals surface area contributed by atoms with E-state index in [-0.39, 0.29) is 11.3 Å². The number of fused-ring (bicyclic) bond motifs is 1. The van der Waals surface area contributed by atoms with Gasteiger partial charge in [-0.3, -0.25) is 4.90 Å². The summed E-state index contributed by atoms with van der Waals surface area (Å²) in [5.74, 6) is 1.61. The smallest absolute Gasteiger partial charge is 0.417 e. The van der Waals surface area contributed by atoms with Crippen LogP contribution in [0.3, 0.4) is 0 Å². The Hall–Kier alpha value is -2.97. The molecule has 0 bridgehead atoms. The van der Waals surface area contributed by atoms with E-state index in [0.29, 0.717) is 18.8 Å². The monoisotopic (exact) mass is 441 g/mol. The van der Waals surface area contributed by atoms with Crippen molar-refractivity contribution < 1.29 is 17.6 Å². The molecule has 0 N–H and O–H groups in total. The molecule has 5 rings (SSSR count). The number of aromatic nitrogens is 2. The van der Waals surface area contributed by atoms with E-state index in [2.05, 4.69) is 9.88 Å². The quantitative estimate of drug-likeness (QED) is 0.387. The molecule has 4 aromatic rings. The maximum absolute atomic E-state index is 13.3. The van der Waals surface area contributed by atoms with Crippen molar-refractivity contribution >= 4 is 11.3 Å². The molecule has 0 amide bonds. The molecule has 0 saturated carbocycles.